The van der Waals surface area contributed by atoms with Crippen molar-refractivity contribution in [2.75, 3.05) is 32.7 Å². The molecule has 0 aromatic rings. The minimum atomic E-state index is -0.716. The molecular formula is C46H89N5O3. The van der Waals surface area contributed by atoms with Gasteiger partial charge in [0.1, 0.15) is 0 Å². The smallest absolute Gasteiger partial charge is 0.240 e. The Balaban J connectivity index is 3.87. The molecule has 0 rings (SSSR count). The van der Waals surface area contributed by atoms with Gasteiger partial charge in [0, 0.05) is 45.6 Å². The third-order valence-electron chi connectivity index (χ3n) is 10.3. The van der Waals surface area contributed by atoms with Crippen LogP contribution in [0.15, 0.2) is 24.3 Å². The summed E-state index contributed by atoms with van der Waals surface area (Å²) in [6.45, 7) is 6.88. The molecule has 0 fully saturated rings. The second-order valence-electron chi connectivity index (χ2n) is 15.6. The number of carbonyl (C=O) groups excluding carboxylic acids is 3. The lowest BCUT2D eigenvalue weighted by Crippen LogP contribution is -2.48. The maximum atomic E-state index is 12.8. The fourth-order valence-electron chi connectivity index (χ4n) is 6.71. The molecule has 316 valence electrons. The van der Waals surface area contributed by atoms with Crippen molar-refractivity contribution in [3.05, 3.63) is 24.3 Å². The van der Waals surface area contributed by atoms with Gasteiger partial charge in [-0.25, -0.2) is 0 Å². The summed E-state index contributed by atoms with van der Waals surface area (Å²) in [5, 5.41) is 6.05. The van der Waals surface area contributed by atoms with E-state index in [1.165, 1.54) is 141 Å². The molecule has 0 aliphatic carbocycles. The number of nitrogens with zero attached hydrogens (tertiary/aromatic N) is 1. The normalized spacial score (nSPS) is 12.1. The van der Waals surface area contributed by atoms with Crippen molar-refractivity contribution in [2.45, 2.75) is 219 Å². The average Bonchev–Trinajstić information content (AvgIpc) is 3.17. The fraction of sp³-hybridized carbons (Fsp3) is 0.848. The number of nitrogens with one attached hydrogen (secondary N) is 2. The number of unbranched alkanes of at least 4 members (excludes halogenated alkanes) is 23. The van der Waals surface area contributed by atoms with Crippen LogP contribution in [0.3, 0.4) is 0 Å². The van der Waals surface area contributed by atoms with E-state index in [1.807, 2.05) is 0 Å². The summed E-state index contributed by atoms with van der Waals surface area (Å²) >= 11 is 0. The van der Waals surface area contributed by atoms with Crippen LogP contribution < -0.4 is 22.1 Å². The Labute approximate surface area is 334 Å². The molecule has 0 spiro atoms. The molecule has 0 bridgehead atoms. The zero-order chi connectivity index (χ0) is 39.6. The summed E-state index contributed by atoms with van der Waals surface area (Å²) in [6, 6.07) is -0.716. The molecule has 0 aromatic carbocycles. The lowest BCUT2D eigenvalue weighted by Gasteiger charge is -2.25. The molecule has 0 heterocycles. The molecular weight excluding hydrogens is 671 g/mol. The van der Waals surface area contributed by atoms with E-state index in [-0.39, 0.29) is 24.3 Å². The van der Waals surface area contributed by atoms with Gasteiger partial charge in [-0.15, -0.1) is 0 Å². The van der Waals surface area contributed by atoms with Crippen molar-refractivity contribution in [3.8, 4) is 0 Å². The van der Waals surface area contributed by atoms with Gasteiger partial charge in [-0.3, -0.25) is 14.4 Å². The highest BCUT2D eigenvalue weighted by molar-refractivity contribution is 5.82. The number of nitrogens with two attached hydrogens (primary N) is 2. The van der Waals surface area contributed by atoms with Crippen molar-refractivity contribution >= 4 is 17.7 Å². The predicted molar refractivity (Wildman–Crippen MR) is 232 cm³/mol. The van der Waals surface area contributed by atoms with Crippen molar-refractivity contribution in [2.24, 2.45) is 11.5 Å². The number of allylic oxidation sites excluding steroid dienone is 4. The second-order valence-corrected chi connectivity index (χ2v) is 15.6. The average molecular weight is 760 g/mol. The van der Waals surface area contributed by atoms with Gasteiger partial charge >= 0.3 is 0 Å². The minimum absolute atomic E-state index is 0.0849. The van der Waals surface area contributed by atoms with Crippen molar-refractivity contribution in [1.29, 1.82) is 0 Å². The van der Waals surface area contributed by atoms with Gasteiger partial charge < -0.3 is 27.0 Å². The first kappa shape index (κ1) is 51.8. The van der Waals surface area contributed by atoms with Gasteiger partial charge in [0.25, 0.3) is 0 Å². The van der Waals surface area contributed by atoms with Gasteiger partial charge in [-0.1, -0.05) is 141 Å². The Hall–Kier alpha value is -2.19. The third-order valence-corrected chi connectivity index (χ3v) is 10.3. The quantitative estimate of drug-likeness (QED) is 0.0364. The van der Waals surface area contributed by atoms with E-state index in [2.05, 4.69) is 48.8 Å². The molecule has 8 heteroatoms. The standard InChI is InChI=1S/C46H89N5O3/c1-3-5-7-9-11-13-15-17-19-21-23-25-27-29-31-36-44(52)49-38-33-34-40-51(46(54)43(48)42-47)41-35-39-50-45(53)37-32-30-28-26-24-22-20-18-16-14-12-10-8-6-4-2/h17-20,43H,3-16,21-42,47-48H2,1-2H3,(H,49,52)(H,50,53)/t43-/m0/s1. The summed E-state index contributed by atoms with van der Waals surface area (Å²) in [7, 11) is 0. The number of hydrogen-bond donors (Lipinski definition) is 4. The van der Waals surface area contributed by atoms with Crippen LogP contribution in [0, 0.1) is 0 Å². The Morgan fingerprint density at radius 2 is 0.833 bits per heavy atom. The first-order valence-corrected chi connectivity index (χ1v) is 23.0. The minimum Gasteiger partial charge on any atom is -0.356 e. The maximum absolute atomic E-state index is 12.8. The monoisotopic (exact) mass is 760 g/mol. The molecule has 8 nitrogen and oxygen atoms in total. The van der Waals surface area contributed by atoms with Crippen LogP contribution in [-0.4, -0.2) is 61.4 Å². The van der Waals surface area contributed by atoms with Gasteiger partial charge in [0.05, 0.1) is 6.04 Å². The van der Waals surface area contributed by atoms with Crippen molar-refractivity contribution in [1.82, 2.24) is 15.5 Å². The molecule has 54 heavy (non-hydrogen) atoms. The first-order chi connectivity index (χ1) is 26.5. The van der Waals surface area contributed by atoms with E-state index >= 15 is 0 Å². The molecule has 0 aliphatic rings. The van der Waals surface area contributed by atoms with E-state index in [0.717, 1.165) is 38.5 Å². The van der Waals surface area contributed by atoms with Gasteiger partial charge in [0.2, 0.25) is 17.7 Å². The van der Waals surface area contributed by atoms with E-state index in [1.54, 1.807) is 4.90 Å². The van der Waals surface area contributed by atoms with E-state index in [4.69, 9.17) is 11.5 Å². The lowest BCUT2D eigenvalue weighted by molar-refractivity contribution is -0.132. The predicted octanol–water partition coefficient (Wildman–Crippen LogP) is 10.6. The van der Waals surface area contributed by atoms with Gasteiger partial charge in [-0.2, -0.15) is 0 Å². The first-order valence-electron chi connectivity index (χ1n) is 23.0. The Bertz CT molecular complexity index is 909. The van der Waals surface area contributed by atoms with Crippen molar-refractivity contribution in [3.63, 3.8) is 0 Å². The van der Waals surface area contributed by atoms with Crippen LogP contribution in [0.1, 0.15) is 213 Å². The Morgan fingerprint density at radius 1 is 0.481 bits per heavy atom. The van der Waals surface area contributed by atoms with E-state index < -0.39 is 6.04 Å². The summed E-state index contributed by atoms with van der Waals surface area (Å²) < 4.78 is 0. The van der Waals surface area contributed by atoms with Crippen LogP contribution >= 0.6 is 0 Å². The maximum Gasteiger partial charge on any atom is 0.240 e. The van der Waals surface area contributed by atoms with Gasteiger partial charge in [0.15, 0.2) is 0 Å². The topological polar surface area (TPSA) is 131 Å². The summed E-state index contributed by atoms with van der Waals surface area (Å²) in [4.78, 5) is 39.2. The lowest BCUT2D eigenvalue weighted by atomic mass is 10.1. The van der Waals surface area contributed by atoms with Crippen LogP contribution in [-0.2, 0) is 14.4 Å². The van der Waals surface area contributed by atoms with Crippen LogP contribution in [0.5, 0.6) is 0 Å². The number of rotatable bonds is 41. The van der Waals surface area contributed by atoms with Crippen LogP contribution in [0.25, 0.3) is 0 Å². The Morgan fingerprint density at radius 3 is 1.24 bits per heavy atom. The Kier molecular flexibility index (Phi) is 40.3. The molecule has 1 atom stereocenters. The number of carbonyl (C=O) groups is 3. The summed E-state index contributed by atoms with van der Waals surface area (Å²) in [5.41, 5.74) is 11.6. The second kappa shape index (κ2) is 42.0. The van der Waals surface area contributed by atoms with Crippen molar-refractivity contribution < 1.29 is 14.4 Å². The number of amides is 3. The SMILES string of the molecule is CCCCCCCCC=CCCCCCCCC(=O)NCCCCN(CCCNC(=O)CCCCCCCC=CCCCCCCCC)C(=O)[C@@H](N)CN. The van der Waals surface area contributed by atoms with Gasteiger partial charge in [-0.05, 0) is 83.5 Å². The summed E-state index contributed by atoms with van der Waals surface area (Å²) in [5.74, 6) is 0.0512. The zero-order valence-electron chi connectivity index (χ0n) is 35.7. The summed E-state index contributed by atoms with van der Waals surface area (Å²) in [6.07, 6.45) is 45.2. The highest BCUT2D eigenvalue weighted by Crippen LogP contribution is 2.12. The van der Waals surface area contributed by atoms with E-state index in [9.17, 15) is 14.4 Å². The molecule has 0 unspecified atom stereocenters. The largest absolute Gasteiger partial charge is 0.356 e. The fourth-order valence-corrected chi connectivity index (χ4v) is 6.71. The molecule has 0 aliphatic heterocycles. The zero-order valence-corrected chi connectivity index (χ0v) is 35.7. The molecule has 6 N–H and O–H groups in total. The molecule has 0 radical (unpaired) electrons. The highest BCUT2D eigenvalue weighted by Gasteiger charge is 2.19. The molecule has 0 saturated carbocycles. The molecule has 3 amide bonds. The molecule has 0 saturated heterocycles. The number of hydrogen-bond acceptors (Lipinski definition) is 5. The van der Waals surface area contributed by atoms with E-state index in [0.29, 0.717) is 45.4 Å². The third kappa shape index (κ3) is 36.8. The highest BCUT2D eigenvalue weighted by atomic mass is 16.2. The molecule has 0 aromatic heterocycles. The van der Waals surface area contributed by atoms with Crippen LogP contribution in [0.4, 0.5) is 0 Å². The van der Waals surface area contributed by atoms with Crippen LogP contribution in [0.2, 0.25) is 0 Å².